The summed E-state index contributed by atoms with van der Waals surface area (Å²) >= 11 is 2.96. The van der Waals surface area contributed by atoms with Gasteiger partial charge in [0, 0.05) is 29.2 Å². The first kappa shape index (κ1) is 20.4. The number of anilines is 1. The van der Waals surface area contributed by atoms with Crippen LogP contribution in [0, 0.1) is 6.92 Å². The van der Waals surface area contributed by atoms with Crippen molar-refractivity contribution in [1.82, 2.24) is 24.3 Å². The molecule has 1 N–H and O–H groups in total. The lowest BCUT2D eigenvalue weighted by molar-refractivity contribution is -0.116. The molecule has 168 valence electrons. The van der Waals surface area contributed by atoms with E-state index in [0.29, 0.717) is 28.2 Å². The third-order valence-corrected chi connectivity index (χ3v) is 7.75. The topological polar surface area (TPSA) is 108 Å². The molecule has 2 aliphatic rings. The Morgan fingerprint density at radius 3 is 3.09 bits per heavy atom. The Morgan fingerprint density at radius 2 is 2.24 bits per heavy atom. The van der Waals surface area contributed by atoms with E-state index in [9.17, 15) is 9.59 Å². The maximum Gasteiger partial charge on any atom is 0.257 e. The zero-order valence-corrected chi connectivity index (χ0v) is 19.4. The summed E-state index contributed by atoms with van der Waals surface area (Å²) in [5.74, 6) is 1.71. The highest BCUT2D eigenvalue weighted by molar-refractivity contribution is 7.99. The molecule has 1 unspecified atom stereocenters. The summed E-state index contributed by atoms with van der Waals surface area (Å²) in [4.78, 5) is 35.3. The van der Waals surface area contributed by atoms with Crippen LogP contribution in [0.3, 0.4) is 0 Å². The minimum atomic E-state index is -0.209. The van der Waals surface area contributed by atoms with Gasteiger partial charge in [0.15, 0.2) is 10.9 Å². The highest BCUT2D eigenvalue weighted by atomic mass is 32.2. The fourth-order valence-corrected chi connectivity index (χ4v) is 6.27. The molecule has 0 saturated heterocycles. The van der Waals surface area contributed by atoms with Crippen LogP contribution in [0.4, 0.5) is 5.82 Å². The van der Waals surface area contributed by atoms with Gasteiger partial charge in [0.2, 0.25) is 11.0 Å². The first-order chi connectivity index (χ1) is 16.1. The number of nitrogens with zero attached hydrogens (tertiary/aromatic N) is 5. The molecule has 0 saturated carbocycles. The number of amides is 1. The van der Waals surface area contributed by atoms with Crippen molar-refractivity contribution in [3.8, 4) is 16.6 Å². The van der Waals surface area contributed by atoms with E-state index in [1.54, 1.807) is 27.3 Å². The molecular weight excluding hydrogens is 460 g/mol. The van der Waals surface area contributed by atoms with E-state index < -0.39 is 0 Å². The number of furan rings is 1. The van der Waals surface area contributed by atoms with Gasteiger partial charge in [-0.2, -0.15) is 9.78 Å². The van der Waals surface area contributed by atoms with Gasteiger partial charge in [0.1, 0.15) is 11.5 Å². The number of hydrogen-bond donors (Lipinski definition) is 1. The fourth-order valence-electron chi connectivity index (χ4n) is 4.34. The van der Waals surface area contributed by atoms with E-state index in [1.807, 2.05) is 30.5 Å². The van der Waals surface area contributed by atoms with Crippen LogP contribution >= 0.6 is 23.1 Å². The van der Waals surface area contributed by atoms with Gasteiger partial charge in [0.05, 0.1) is 23.7 Å². The predicted molar refractivity (Wildman–Crippen MR) is 125 cm³/mol. The summed E-state index contributed by atoms with van der Waals surface area (Å²) in [6.07, 6.45) is 4.41. The molecule has 6 rings (SSSR count). The Hall–Kier alpha value is -3.18. The normalized spacial score (nSPS) is 16.7. The molecule has 33 heavy (non-hydrogen) atoms. The van der Waals surface area contributed by atoms with E-state index >= 15 is 0 Å². The summed E-state index contributed by atoms with van der Waals surface area (Å²) in [6, 6.07) is 5.26. The molecule has 0 radical (unpaired) electrons. The average molecular weight is 481 g/mol. The van der Waals surface area contributed by atoms with Crippen molar-refractivity contribution < 1.29 is 9.21 Å². The Balaban J connectivity index is 1.22. The minimum absolute atomic E-state index is 0.0180. The number of nitrogens with one attached hydrogen (secondary N) is 1. The molecule has 0 fully saturated rings. The molecule has 5 heterocycles. The first-order valence-electron chi connectivity index (χ1n) is 10.7. The van der Waals surface area contributed by atoms with Crippen molar-refractivity contribution in [2.75, 3.05) is 11.1 Å². The van der Waals surface area contributed by atoms with Gasteiger partial charge in [0.25, 0.3) is 5.56 Å². The van der Waals surface area contributed by atoms with Crippen molar-refractivity contribution >= 4 is 34.8 Å². The predicted octanol–water partition coefficient (Wildman–Crippen LogP) is 3.62. The number of thioether (sulfide) groups is 1. The van der Waals surface area contributed by atoms with Gasteiger partial charge in [-0.3, -0.25) is 14.2 Å². The number of aromatic nitrogens is 5. The molecule has 1 amide bonds. The molecule has 4 aromatic heterocycles. The second-order valence-electron chi connectivity index (χ2n) is 8.14. The van der Waals surface area contributed by atoms with Crippen LogP contribution in [0.25, 0.3) is 16.6 Å². The number of carbonyl (C=O) groups is 1. The molecule has 11 heteroatoms. The monoisotopic (exact) mass is 480 g/mol. The zero-order chi connectivity index (χ0) is 22.5. The summed E-state index contributed by atoms with van der Waals surface area (Å²) < 4.78 is 8.76. The van der Waals surface area contributed by atoms with Crippen LogP contribution in [0.15, 0.2) is 44.2 Å². The molecule has 4 aromatic rings. The molecule has 0 bridgehead atoms. The van der Waals surface area contributed by atoms with E-state index in [2.05, 4.69) is 20.4 Å². The maximum atomic E-state index is 13.0. The lowest BCUT2D eigenvalue weighted by Crippen LogP contribution is -2.30. The number of fused-ring (bicyclic) bond motifs is 2. The molecule has 0 aromatic carbocycles. The standard InChI is InChI=1S/C22H20N6O3S2/c1-12-8-18(28(26-12)22-24-16(11-33-22)17-6-3-7-31-17)25-19(29)9-13-10-32-21-23-15-5-2-4-14(15)20(30)27(13)21/h3,6-8,11,13H,2,4-5,9-10H2,1H3,(H,25,29). The van der Waals surface area contributed by atoms with Crippen LogP contribution in [0.1, 0.15) is 35.8 Å². The Labute approximate surface area is 196 Å². The van der Waals surface area contributed by atoms with Crippen molar-refractivity contribution in [3.05, 3.63) is 57.1 Å². The molecule has 9 nitrogen and oxygen atoms in total. The summed E-state index contributed by atoms with van der Waals surface area (Å²) in [6.45, 7) is 1.86. The zero-order valence-electron chi connectivity index (χ0n) is 17.8. The number of rotatable bonds is 5. The average Bonchev–Trinajstić information content (AvgIpc) is 3.59. The van der Waals surface area contributed by atoms with E-state index in [4.69, 9.17) is 4.42 Å². The minimum Gasteiger partial charge on any atom is -0.463 e. The fraction of sp³-hybridized carbons (Fsp3) is 0.318. The SMILES string of the molecule is Cc1cc(NC(=O)CC2CSc3nc4c(c(=O)n32)CCC4)n(-c2nc(-c3ccco3)cs2)n1. The van der Waals surface area contributed by atoms with Gasteiger partial charge >= 0.3 is 0 Å². The van der Waals surface area contributed by atoms with Gasteiger partial charge in [-0.25, -0.2) is 9.97 Å². The van der Waals surface area contributed by atoms with Crippen LogP contribution < -0.4 is 10.9 Å². The third kappa shape index (κ3) is 3.61. The highest BCUT2D eigenvalue weighted by Crippen LogP contribution is 2.34. The number of aryl methyl sites for hydroxylation is 2. The van der Waals surface area contributed by atoms with Crippen LogP contribution in [-0.2, 0) is 17.6 Å². The Kier molecular flexibility index (Phi) is 4.95. The van der Waals surface area contributed by atoms with Gasteiger partial charge in [-0.1, -0.05) is 11.8 Å². The van der Waals surface area contributed by atoms with Crippen LogP contribution in [0.5, 0.6) is 0 Å². The van der Waals surface area contributed by atoms with Crippen LogP contribution in [-0.4, -0.2) is 36.0 Å². The van der Waals surface area contributed by atoms with Gasteiger partial charge < -0.3 is 9.73 Å². The van der Waals surface area contributed by atoms with Crippen molar-refractivity contribution in [2.24, 2.45) is 0 Å². The Bertz CT molecular complexity index is 1420. The van der Waals surface area contributed by atoms with Gasteiger partial charge in [-0.05, 0) is 38.3 Å². The third-order valence-electron chi connectivity index (χ3n) is 5.84. The van der Waals surface area contributed by atoms with Gasteiger partial charge in [-0.15, -0.1) is 11.3 Å². The largest absolute Gasteiger partial charge is 0.463 e. The molecule has 1 aliphatic carbocycles. The highest BCUT2D eigenvalue weighted by Gasteiger charge is 2.31. The summed E-state index contributed by atoms with van der Waals surface area (Å²) in [5.41, 5.74) is 3.24. The number of thiazole rings is 1. The molecule has 0 spiro atoms. The smallest absolute Gasteiger partial charge is 0.257 e. The number of hydrogen-bond acceptors (Lipinski definition) is 8. The van der Waals surface area contributed by atoms with Crippen molar-refractivity contribution in [2.45, 2.75) is 43.8 Å². The maximum absolute atomic E-state index is 13.0. The quantitative estimate of drug-likeness (QED) is 0.435. The summed E-state index contributed by atoms with van der Waals surface area (Å²) in [7, 11) is 0. The van der Waals surface area contributed by atoms with E-state index in [1.165, 1.54) is 11.3 Å². The first-order valence-corrected chi connectivity index (χ1v) is 12.6. The van der Waals surface area contributed by atoms with E-state index in [-0.39, 0.29) is 23.9 Å². The lowest BCUT2D eigenvalue weighted by Gasteiger charge is -2.14. The second-order valence-corrected chi connectivity index (χ2v) is 9.96. The Morgan fingerprint density at radius 1 is 1.33 bits per heavy atom. The lowest BCUT2D eigenvalue weighted by atomic mass is 10.2. The number of carbonyl (C=O) groups excluding carboxylic acids is 1. The van der Waals surface area contributed by atoms with Crippen molar-refractivity contribution in [1.29, 1.82) is 0 Å². The molecule has 1 atom stereocenters. The summed E-state index contributed by atoms with van der Waals surface area (Å²) in [5, 5.41) is 10.7. The van der Waals surface area contributed by atoms with E-state index in [0.717, 1.165) is 41.4 Å². The van der Waals surface area contributed by atoms with Crippen LogP contribution in [0.2, 0.25) is 0 Å². The molecular formula is C22H20N6O3S2. The second kappa shape index (κ2) is 7.99. The van der Waals surface area contributed by atoms with Crippen molar-refractivity contribution in [3.63, 3.8) is 0 Å². The molecule has 1 aliphatic heterocycles.